The molecule has 9 nitrogen and oxygen atoms in total. The van der Waals surface area contributed by atoms with Crippen LogP contribution in [0.25, 0.3) is 0 Å². The number of benzene rings is 2. The second-order valence-electron chi connectivity index (χ2n) is 8.88. The lowest BCUT2D eigenvalue weighted by molar-refractivity contribution is -0.116. The predicted molar refractivity (Wildman–Crippen MR) is 157 cm³/mol. The molecule has 0 spiro atoms. The molecular weight excluding hydrogens is 591 g/mol. The first-order valence-electron chi connectivity index (χ1n) is 12.1. The summed E-state index contributed by atoms with van der Waals surface area (Å²) in [7, 11) is 1.56. The summed E-state index contributed by atoms with van der Waals surface area (Å²) in [4.78, 5) is 27.5. The van der Waals surface area contributed by atoms with Crippen LogP contribution in [0.4, 0.5) is 10.8 Å². The predicted octanol–water partition coefficient (Wildman–Crippen LogP) is 5.89. The highest BCUT2D eigenvalue weighted by molar-refractivity contribution is 8.01. The largest absolute Gasteiger partial charge is 0.497 e. The Balaban J connectivity index is 1.43. The average molecular weight is 614 g/mol. The van der Waals surface area contributed by atoms with Crippen LogP contribution in [-0.4, -0.2) is 34.8 Å². The van der Waals surface area contributed by atoms with Gasteiger partial charge in [0.2, 0.25) is 11.0 Å². The third-order valence-electron chi connectivity index (χ3n) is 6.48. The van der Waals surface area contributed by atoms with Crippen LogP contribution >= 0.6 is 46.3 Å². The van der Waals surface area contributed by atoms with E-state index in [-0.39, 0.29) is 28.8 Å². The standard InChI is InChI=1S/C27H22Cl2N6O3S2/c1-38-15-6-2-5-14(11-15)22-16(12-30)25(31)35(19-9-4-10-20(36)23(19)22)26-33-34-27(40-26)39-13-21(37)32-24-17(28)7-3-8-18(24)29/h2-3,5-8,11,22H,4,9-10,13,31H2,1H3,(H,32,37). The number of carbonyl (C=O) groups excluding carboxylic acids is 2. The van der Waals surface area contributed by atoms with Crippen LogP contribution < -0.4 is 20.7 Å². The van der Waals surface area contributed by atoms with Gasteiger partial charge < -0.3 is 15.8 Å². The second kappa shape index (κ2) is 11.9. The maximum absolute atomic E-state index is 13.3. The van der Waals surface area contributed by atoms with Crippen molar-refractivity contribution in [2.75, 3.05) is 23.1 Å². The number of halogens is 2. The molecule has 1 aliphatic carbocycles. The SMILES string of the molecule is COc1cccc(C2C(C#N)=C(N)N(c3nnc(SCC(=O)Nc4c(Cl)cccc4Cl)s3)C3=C2C(=O)CCC3)c1. The Morgan fingerprint density at radius 2 is 2.00 bits per heavy atom. The Hall–Kier alpha value is -3.56. The van der Waals surface area contributed by atoms with E-state index in [9.17, 15) is 14.9 Å². The first-order valence-corrected chi connectivity index (χ1v) is 14.7. The van der Waals surface area contributed by atoms with Crippen molar-refractivity contribution in [1.82, 2.24) is 10.2 Å². The molecule has 2 heterocycles. The molecule has 40 heavy (non-hydrogen) atoms. The van der Waals surface area contributed by atoms with Crippen molar-refractivity contribution in [2.45, 2.75) is 29.5 Å². The Morgan fingerprint density at radius 1 is 1.25 bits per heavy atom. The lowest BCUT2D eigenvalue weighted by Gasteiger charge is -2.38. The summed E-state index contributed by atoms with van der Waals surface area (Å²) in [6.07, 6.45) is 1.62. The van der Waals surface area contributed by atoms with Crippen LogP contribution in [0.3, 0.4) is 0 Å². The normalized spacial score (nSPS) is 17.0. The molecule has 1 atom stereocenters. The van der Waals surface area contributed by atoms with Crippen LogP contribution in [0.5, 0.6) is 5.75 Å². The Kier molecular flexibility index (Phi) is 8.32. The van der Waals surface area contributed by atoms with Gasteiger partial charge in [0.15, 0.2) is 10.1 Å². The van der Waals surface area contributed by atoms with E-state index >= 15 is 0 Å². The molecule has 1 aromatic heterocycles. The molecule has 1 aliphatic heterocycles. The minimum atomic E-state index is -0.610. The minimum Gasteiger partial charge on any atom is -0.497 e. The molecule has 3 aromatic rings. The number of methoxy groups -OCH3 is 1. The number of nitrogens with two attached hydrogens (primary N) is 1. The topological polar surface area (TPSA) is 134 Å². The fourth-order valence-electron chi connectivity index (χ4n) is 4.73. The van der Waals surface area contributed by atoms with Crippen molar-refractivity contribution >= 4 is 68.8 Å². The van der Waals surface area contributed by atoms with E-state index < -0.39 is 5.92 Å². The van der Waals surface area contributed by atoms with E-state index in [1.165, 1.54) is 23.1 Å². The number of carbonyl (C=O) groups is 2. The van der Waals surface area contributed by atoms with E-state index in [1.54, 1.807) is 36.3 Å². The Morgan fingerprint density at radius 3 is 2.73 bits per heavy atom. The van der Waals surface area contributed by atoms with Crippen molar-refractivity contribution in [1.29, 1.82) is 5.26 Å². The zero-order valence-electron chi connectivity index (χ0n) is 21.1. The fraction of sp³-hybridized carbons (Fsp3) is 0.222. The summed E-state index contributed by atoms with van der Waals surface area (Å²) >= 11 is 14.7. The van der Waals surface area contributed by atoms with E-state index in [1.807, 2.05) is 18.2 Å². The number of ketones is 1. The smallest absolute Gasteiger partial charge is 0.234 e. The van der Waals surface area contributed by atoms with Crippen LogP contribution in [0.15, 0.2) is 69.5 Å². The number of thioether (sulfide) groups is 1. The van der Waals surface area contributed by atoms with Crippen LogP contribution in [0.1, 0.15) is 30.7 Å². The van der Waals surface area contributed by atoms with Gasteiger partial charge in [-0.25, -0.2) is 0 Å². The van der Waals surface area contributed by atoms with Crippen LogP contribution in [0, 0.1) is 11.3 Å². The molecule has 13 heteroatoms. The third-order valence-corrected chi connectivity index (χ3v) is 9.15. The lowest BCUT2D eigenvalue weighted by Crippen LogP contribution is -2.38. The molecule has 0 bridgehead atoms. The quantitative estimate of drug-likeness (QED) is 0.313. The fourth-order valence-corrected chi connectivity index (χ4v) is 6.90. The molecule has 0 saturated carbocycles. The number of nitrogens with one attached hydrogen (secondary N) is 1. The number of hydrogen-bond acceptors (Lipinski definition) is 10. The molecule has 5 rings (SSSR count). The molecule has 204 valence electrons. The van der Waals surface area contributed by atoms with Crippen molar-refractivity contribution < 1.29 is 14.3 Å². The molecular formula is C27H22Cl2N6O3S2. The van der Waals surface area contributed by atoms with Gasteiger partial charge in [0, 0.05) is 17.7 Å². The van der Waals surface area contributed by atoms with Gasteiger partial charge in [0.25, 0.3) is 0 Å². The minimum absolute atomic E-state index is 0.0339. The van der Waals surface area contributed by atoms with Gasteiger partial charge in [0.1, 0.15) is 11.6 Å². The van der Waals surface area contributed by atoms with Crippen molar-refractivity contribution in [2.24, 2.45) is 5.73 Å². The first-order chi connectivity index (χ1) is 19.3. The average Bonchev–Trinajstić information content (AvgIpc) is 3.42. The zero-order valence-corrected chi connectivity index (χ0v) is 24.3. The molecule has 2 aromatic carbocycles. The van der Waals surface area contributed by atoms with E-state index in [0.717, 1.165) is 5.56 Å². The Labute approximate surface area is 248 Å². The third kappa shape index (κ3) is 5.40. The van der Waals surface area contributed by atoms with Gasteiger partial charge in [-0.05, 0) is 42.7 Å². The highest BCUT2D eigenvalue weighted by Crippen LogP contribution is 2.47. The van der Waals surface area contributed by atoms with Crippen molar-refractivity contribution in [3.8, 4) is 11.8 Å². The highest BCUT2D eigenvalue weighted by atomic mass is 35.5. The zero-order chi connectivity index (χ0) is 28.4. The molecule has 3 N–H and O–H groups in total. The monoisotopic (exact) mass is 612 g/mol. The summed E-state index contributed by atoms with van der Waals surface area (Å²) < 4.78 is 5.89. The lowest BCUT2D eigenvalue weighted by atomic mass is 9.76. The molecule has 0 saturated heterocycles. The van der Waals surface area contributed by atoms with Gasteiger partial charge >= 0.3 is 0 Å². The number of rotatable bonds is 7. The van der Waals surface area contributed by atoms with Gasteiger partial charge in [0.05, 0.1) is 46.2 Å². The number of hydrogen-bond donors (Lipinski definition) is 2. The summed E-state index contributed by atoms with van der Waals surface area (Å²) in [6.45, 7) is 0. The number of amides is 1. The van der Waals surface area contributed by atoms with E-state index in [0.29, 0.717) is 61.5 Å². The summed E-state index contributed by atoms with van der Waals surface area (Å²) in [5, 5.41) is 22.5. The van der Waals surface area contributed by atoms with Crippen molar-refractivity contribution in [3.05, 3.63) is 80.7 Å². The number of Topliss-reactive ketones (excluding diaryl/α,β-unsaturated/α-hetero) is 1. The van der Waals surface area contributed by atoms with Gasteiger partial charge in [-0.15, -0.1) is 10.2 Å². The van der Waals surface area contributed by atoms with Gasteiger partial charge in [-0.3, -0.25) is 14.5 Å². The number of para-hydroxylation sites is 1. The number of ether oxygens (including phenoxy) is 1. The second-order valence-corrected chi connectivity index (χ2v) is 11.9. The summed E-state index contributed by atoms with van der Waals surface area (Å²) in [5.74, 6) is -0.107. The van der Waals surface area contributed by atoms with Crippen LogP contribution in [-0.2, 0) is 9.59 Å². The van der Waals surface area contributed by atoms with Gasteiger partial charge in [-0.2, -0.15) is 5.26 Å². The Bertz CT molecular complexity index is 1590. The summed E-state index contributed by atoms with van der Waals surface area (Å²) in [5.41, 5.74) is 9.20. The molecule has 0 fully saturated rings. The number of nitrogens with zero attached hydrogens (tertiary/aromatic N) is 4. The van der Waals surface area contributed by atoms with E-state index in [2.05, 4.69) is 21.6 Å². The van der Waals surface area contributed by atoms with Crippen molar-refractivity contribution in [3.63, 3.8) is 0 Å². The molecule has 2 aliphatic rings. The van der Waals surface area contributed by atoms with E-state index in [4.69, 9.17) is 33.7 Å². The number of anilines is 2. The van der Waals surface area contributed by atoms with Crippen LogP contribution in [0.2, 0.25) is 10.0 Å². The number of aromatic nitrogens is 2. The summed E-state index contributed by atoms with van der Waals surface area (Å²) in [6, 6.07) is 14.5. The maximum atomic E-state index is 13.3. The molecule has 1 amide bonds. The highest BCUT2D eigenvalue weighted by Gasteiger charge is 2.41. The maximum Gasteiger partial charge on any atom is 0.234 e. The van der Waals surface area contributed by atoms with Gasteiger partial charge in [-0.1, -0.05) is 64.5 Å². The number of nitriles is 1. The first kappa shape index (κ1) is 28.0. The molecule has 0 radical (unpaired) electrons. The number of allylic oxidation sites excluding steroid dienone is 3. The molecule has 1 unspecified atom stereocenters.